The van der Waals surface area contributed by atoms with Crippen molar-refractivity contribution in [3.63, 3.8) is 0 Å². The van der Waals surface area contributed by atoms with Crippen molar-refractivity contribution in [3.8, 4) is 0 Å². The largest absolute Gasteiger partial charge is 0.382 e. The molecule has 1 aromatic heterocycles. The van der Waals surface area contributed by atoms with Gasteiger partial charge in [-0.3, -0.25) is 0 Å². The molecule has 0 bridgehead atoms. The van der Waals surface area contributed by atoms with Crippen molar-refractivity contribution < 1.29 is 4.74 Å². The van der Waals surface area contributed by atoms with Crippen LogP contribution in [-0.4, -0.2) is 34.0 Å². The first kappa shape index (κ1) is 12.2. The monoisotopic (exact) mass is 258 g/mol. The van der Waals surface area contributed by atoms with E-state index < -0.39 is 0 Å². The van der Waals surface area contributed by atoms with Crippen molar-refractivity contribution in [3.05, 3.63) is 42.5 Å². The molecule has 1 aliphatic rings. The Balaban J connectivity index is 1.54. The predicted molar refractivity (Wildman–Crippen MR) is 73.0 cm³/mol. The van der Waals surface area contributed by atoms with E-state index in [1.807, 2.05) is 4.68 Å². The minimum atomic E-state index is 0.434. The third kappa shape index (κ3) is 2.93. The number of hydrogen-bond donors (Lipinski definition) is 1. The number of rotatable bonds is 5. The van der Waals surface area contributed by atoms with Crippen LogP contribution in [0.2, 0.25) is 0 Å². The third-order valence-electron chi connectivity index (χ3n) is 3.56. The second kappa shape index (κ2) is 5.40. The van der Waals surface area contributed by atoms with Crippen LogP contribution in [0.25, 0.3) is 0 Å². The zero-order valence-corrected chi connectivity index (χ0v) is 11.0. The van der Waals surface area contributed by atoms with Gasteiger partial charge in [0.05, 0.1) is 12.6 Å². The number of nitrogens with zero attached hydrogens (tertiary/aromatic N) is 3. The lowest BCUT2D eigenvalue weighted by Gasteiger charge is -2.35. The summed E-state index contributed by atoms with van der Waals surface area (Å²) in [6, 6.07) is 9.03. The summed E-state index contributed by atoms with van der Waals surface area (Å²) >= 11 is 0. The molecule has 0 saturated heterocycles. The molecule has 1 fully saturated rings. The second-order valence-electron chi connectivity index (χ2n) is 4.96. The van der Waals surface area contributed by atoms with Gasteiger partial charge in [0.2, 0.25) is 0 Å². The Bertz CT molecular complexity index is 503. The van der Waals surface area contributed by atoms with E-state index in [0.29, 0.717) is 12.1 Å². The highest BCUT2D eigenvalue weighted by atomic mass is 16.5. The smallest absolute Gasteiger partial charge is 0.137 e. The lowest BCUT2D eigenvalue weighted by molar-refractivity contribution is 0.0329. The molecule has 5 nitrogen and oxygen atoms in total. The number of methoxy groups -OCH3 is 1. The van der Waals surface area contributed by atoms with Crippen LogP contribution in [0, 0.1) is 0 Å². The fourth-order valence-corrected chi connectivity index (χ4v) is 2.32. The van der Waals surface area contributed by atoms with Gasteiger partial charge in [-0.1, -0.05) is 12.1 Å². The van der Waals surface area contributed by atoms with Crippen LogP contribution >= 0.6 is 0 Å². The standard InChI is InChI=1S/C14H18N4O/c1-19-14-6-13(7-14)17-12-4-2-11(3-5-12)8-18-10-15-9-16-18/h2-5,9-10,13-14,17H,6-8H2,1H3. The molecule has 19 heavy (non-hydrogen) atoms. The quantitative estimate of drug-likeness (QED) is 0.890. The first-order valence-corrected chi connectivity index (χ1v) is 6.54. The molecule has 0 unspecified atom stereocenters. The normalized spacial score (nSPS) is 21.9. The van der Waals surface area contributed by atoms with Crippen molar-refractivity contribution >= 4 is 5.69 Å². The molecule has 0 radical (unpaired) electrons. The fourth-order valence-electron chi connectivity index (χ4n) is 2.32. The highest BCUT2D eigenvalue weighted by molar-refractivity contribution is 5.46. The van der Waals surface area contributed by atoms with Crippen LogP contribution in [0.1, 0.15) is 18.4 Å². The average Bonchev–Trinajstić information content (AvgIpc) is 2.88. The molecule has 2 aromatic rings. The maximum atomic E-state index is 5.28. The summed E-state index contributed by atoms with van der Waals surface area (Å²) in [6.07, 6.45) is 5.91. The van der Waals surface area contributed by atoms with Crippen molar-refractivity contribution in [2.75, 3.05) is 12.4 Å². The molecule has 100 valence electrons. The summed E-state index contributed by atoms with van der Waals surface area (Å²) in [4.78, 5) is 3.94. The number of hydrogen-bond acceptors (Lipinski definition) is 4. The van der Waals surface area contributed by atoms with E-state index in [1.165, 1.54) is 11.3 Å². The van der Waals surface area contributed by atoms with E-state index in [-0.39, 0.29) is 0 Å². The Morgan fingerprint density at radius 3 is 2.74 bits per heavy atom. The fraction of sp³-hybridized carbons (Fsp3) is 0.429. The summed E-state index contributed by atoms with van der Waals surface area (Å²) in [5.74, 6) is 0. The second-order valence-corrected chi connectivity index (χ2v) is 4.96. The topological polar surface area (TPSA) is 52.0 Å². The van der Waals surface area contributed by atoms with Gasteiger partial charge in [0, 0.05) is 18.8 Å². The van der Waals surface area contributed by atoms with Crippen molar-refractivity contribution in [2.24, 2.45) is 0 Å². The third-order valence-corrected chi connectivity index (χ3v) is 3.56. The molecule has 0 amide bonds. The van der Waals surface area contributed by atoms with Gasteiger partial charge in [-0.15, -0.1) is 0 Å². The molecule has 3 rings (SSSR count). The number of anilines is 1. The first-order chi connectivity index (χ1) is 9.33. The summed E-state index contributed by atoms with van der Waals surface area (Å²) in [7, 11) is 1.78. The van der Waals surface area contributed by atoms with Crippen LogP contribution in [-0.2, 0) is 11.3 Å². The highest BCUT2D eigenvalue weighted by Gasteiger charge is 2.28. The summed E-state index contributed by atoms with van der Waals surface area (Å²) in [5.41, 5.74) is 2.39. The van der Waals surface area contributed by atoms with Crippen LogP contribution in [0.5, 0.6) is 0 Å². The van der Waals surface area contributed by atoms with E-state index in [9.17, 15) is 0 Å². The van der Waals surface area contributed by atoms with E-state index in [1.54, 1.807) is 19.8 Å². The number of benzene rings is 1. The number of nitrogens with one attached hydrogen (secondary N) is 1. The Labute approximate surface area is 112 Å². The van der Waals surface area contributed by atoms with E-state index in [4.69, 9.17) is 4.74 Å². The Morgan fingerprint density at radius 2 is 2.11 bits per heavy atom. The molecular weight excluding hydrogens is 240 g/mol. The van der Waals surface area contributed by atoms with Crippen LogP contribution in [0.3, 0.4) is 0 Å². The highest BCUT2D eigenvalue weighted by Crippen LogP contribution is 2.26. The zero-order chi connectivity index (χ0) is 13.1. The Morgan fingerprint density at radius 1 is 1.32 bits per heavy atom. The van der Waals surface area contributed by atoms with Gasteiger partial charge in [0.15, 0.2) is 0 Å². The SMILES string of the molecule is COC1CC(Nc2ccc(Cn3cncn3)cc2)C1. The summed E-state index contributed by atoms with van der Waals surface area (Å²) < 4.78 is 7.09. The van der Waals surface area contributed by atoms with Gasteiger partial charge in [-0.2, -0.15) is 5.10 Å². The number of ether oxygens (including phenoxy) is 1. The van der Waals surface area contributed by atoms with Gasteiger partial charge >= 0.3 is 0 Å². The van der Waals surface area contributed by atoms with Crippen LogP contribution in [0.4, 0.5) is 5.69 Å². The van der Waals surface area contributed by atoms with E-state index in [2.05, 4.69) is 39.7 Å². The minimum absolute atomic E-state index is 0.434. The molecule has 1 N–H and O–H groups in total. The average molecular weight is 258 g/mol. The molecular formula is C14H18N4O. The molecule has 0 aliphatic heterocycles. The summed E-state index contributed by atoms with van der Waals surface area (Å²) in [6.45, 7) is 0.759. The lowest BCUT2D eigenvalue weighted by Crippen LogP contribution is -2.40. The zero-order valence-electron chi connectivity index (χ0n) is 11.0. The molecule has 1 aliphatic carbocycles. The van der Waals surface area contributed by atoms with Gasteiger partial charge in [-0.05, 0) is 30.5 Å². The molecule has 0 atom stereocenters. The number of aromatic nitrogens is 3. The van der Waals surface area contributed by atoms with E-state index in [0.717, 1.165) is 19.4 Å². The minimum Gasteiger partial charge on any atom is -0.382 e. The van der Waals surface area contributed by atoms with Crippen molar-refractivity contribution in [2.45, 2.75) is 31.5 Å². The van der Waals surface area contributed by atoms with Gasteiger partial charge in [0.25, 0.3) is 0 Å². The maximum Gasteiger partial charge on any atom is 0.137 e. The van der Waals surface area contributed by atoms with Crippen molar-refractivity contribution in [1.29, 1.82) is 0 Å². The molecule has 0 spiro atoms. The first-order valence-electron chi connectivity index (χ1n) is 6.54. The molecule has 1 heterocycles. The van der Waals surface area contributed by atoms with Gasteiger partial charge < -0.3 is 10.1 Å². The molecule has 5 heteroatoms. The summed E-state index contributed by atoms with van der Waals surface area (Å²) in [5, 5.41) is 7.61. The Kier molecular flexibility index (Phi) is 3.46. The maximum absolute atomic E-state index is 5.28. The molecule has 1 saturated carbocycles. The van der Waals surface area contributed by atoms with Gasteiger partial charge in [-0.25, -0.2) is 9.67 Å². The van der Waals surface area contributed by atoms with Crippen LogP contribution in [0.15, 0.2) is 36.9 Å². The lowest BCUT2D eigenvalue weighted by atomic mass is 9.89. The molecule has 1 aromatic carbocycles. The van der Waals surface area contributed by atoms with Crippen LogP contribution < -0.4 is 5.32 Å². The Hall–Kier alpha value is -1.88. The van der Waals surface area contributed by atoms with Crippen molar-refractivity contribution in [1.82, 2.24) is 14.8 Å². The van der Waals surface area contributed by atoms with Gasteiger partial charge in [0.1, 0.15) is 12.7 Å². The van der Waals surface area contributed by atoms with E-state index >= 15 is 0 Å². The predicted octanol–water partition coefficient (Wildman–Crippen LogP) is 1.92.